The Hall–Kier alpha value is 0.974. The van der Waals surface area contributed by atoms with Gasteiger partial charge in [0.1, 0.15) is 0 Å². The van der Waals surface area contributed by atoms with Crippen molar-refractivity contribution in [3.63, 3.8) is 0 Å². The van der Waals surface area contributed by atoms with E-state index < -0.39 is 0 Å². The second-order valence-corrected chi connectivity index (χ2v) is 2.92. The summed E-state index contributed by atoms with van der Waals surface area (Å²) in [6.45, 7) is 8.14. The summed E-state index contributed by atoms with van der Waals surface area (Å²) in [5.41, 5.74) is 0. The molecule has 1 heterocycles. The van der Waals surface area contributed by atoms with E-state index in [1.165, 1.54) is 0 Å². The Morgan fingerprint density at radius 3 is 0.960 bits per heavy atom. The molecule has 8 nitrogen and oxygen atoms in total. The van der Waals surface area contributed by atoms with E-state index in [2.05, 4.69) is 21.3 Å². The van der Waals surface area contributed by atoms with Gasteiger partial charge in [0.05, 0.1) is 0 Å². The number of aliphatic hydroxyl groups is 4. The molecule has 0 bridgehead atoms. The van der Waals surface area contributed by atoms with Crippen LogP contribution in [0.3, 0.4) is 0 Å². The molecule has 0 atom stereocenters. The van der Waals surface area contributed by atoms with Crippen molar-refractivity contribution >= 4 is 24.8 Å². The fourth-order valence-corrected chi connectivity index (χ4v) is 1.16. The standard InChI is InChI=1S/C8H19N4.4CH4O.2CH3.2ClH.Ti/c1-2-10-5-6-12-8-7-11-4-3-9-1;4*1-2;;;;;/h9-11H,1-8H2;4*2H,1H3;2*1H3;2*1H;/q-1;;;;;2*-1;;;+3. The molecular weight excluding hydrogens is 407 g/mol. The van der Waals surface area contributed by atoms with Crippen LogP contribution in [-0.2, 0) is 21.7 Å². The van der Waals surface area contributed by atoms with Gasteiger partial charge in [-0.25, -0.2) is 0 Å². The van der Waals surface area contributed by atoms with Crippen LogP contribution in [0, 0.1) is 14.9 Å². The van der Waals surface area contributed by atoms with Crippen LogP contribution in [0.4, 0.5) is 0 Å². The van der Waals surface area contributed by atoms with E-state index in [9.17, 15) is 0 Å². The largest absolute Gasteiger partial charge is 3.00 e. The summed E-state index contributed by atoms with van der Waals surface area (Å²) in [5, 5.41) is 42.4. The topological polar surface area (TPSA) is 131 Å². The Labute approximate surface area is 183 Å². The molecule has 25 heavy (non-hydrogen) atoms. The van der Waals surface area contributed by atoms with Crippen molar-refractivity contribution in [1.29, 1.82) is 0 Å². The minimum atomic E-state index is 0. The van der Waals surface area contributed by atoms with Gasteiger partial charge < -0.3 is 56.5 Å². The Morgan fingerprint density at radius 1 is 0.520 bits per heavy atom. The molecule has 0 aromatic heterocycles. The summed E-state index contributed by atoms with van der Waals surface area (Å²) in [5.74, 6) is 0. The van der Waals surface area contributed by atoms with Crippen LogP contribution < -0.4 is 16.0 Å². The maximum atomic E-state index is 7.00. The van der Waals surface area contributed by atoms with E-state index in [0.29, 0.717) is 0 Å². The van der Waals surface area contributed by atoms with Gasteiger partial charge in [-0.1, -0.05) is 0 Å². The SMILES string of the molecule is C1CNCCNCCNCC[N-]1.CO.CO.CO.CO.Cl.Cl.[CH3-].[CH3-].[Ti+3]. The second kappa shape index (κ2) is 85.3. The molecule has 11 heteroatoms. The van der Waals surface area contributed by atoms with Gasteiger partial charge in [-0.3, -0.25) is 0 Å². The molecule has 1 aliphatic rings. The Balaban J connectivity index is -0.0000000251. The van der Waals surface area contributed by atoms with Crippen LogP contribution in [-0.4, -0.2) is 101 Å². The van der Waals surface area contributed by atoms with Crippen molar-refractivity contribution in [2.75, 3.05) is 80.8 Å². The van der Waals surface area contributed by atoms with Crippen LogP contribution >= 0.6 is 24.8 Å². The molecule has 161 valence electrons. The maximum absolute atomic E-state index is 7.00. The van der Waals surface area contributed by atoms with E-state index in [-0.39, 0.29) is 61.4 Å². The summed E-state index contributed by atoms with van der Waals surface area (Å²) in [4.78, 5) is 0. The smallest absolute Gasteiger partial charge is 0.660 e. The molecule has 7 N–H and O–H groups in total. The average Bonchev–Trinajstić information content (AvgIpc) is 2.56. The van der Waals surface area contributed by atoms with Crippen molar-refractivity contribution < 1.29 is 42.1 Å². The molecule has 0 spiro atoms. The number of rotatable bonds is 0. The fraction of sp³-hybridized carbons (Fsp3) is 0.857. The molecule has 0 amide bonds. The van der Waals surface area contributed by atoms with Gasteiger partial charge in [0, 0.05) is 54.6 Å². The zero-order valence-corrected chi connectivity index (χ0v) is 19.9. The molecule has 1 radical (unpaired) electrons. The van der Waals surface area contributed by atoms with E-state index in [1.54, 1.807) is 0 Å². The molecule has 0 saturated carbocycles. The second-order valence-electron chi connectivity index (χ2n) is 2.92. The predicted molar refractivity (Wildman–Crippen MR) is 112 cm³/mol. The number of nitrogens with zero attached hydrogens (tertiary/aromatic N) is 1. The molecule has 0 aromatic rings. The van der Waals surface area contributed by atoms with Gasteiger partial charge in [0.25, 0.3) is 0 Å². The zero-order valence-electron chi connectivity index (χ0n) is 16.7. The molecule has 0 unspecified atom stereocenters. The number of nitrogens with one attached hydrogen (secondary N) is 3. The summed E-state index contributed by atoms with van der Waals surface area (Å²) >= 11 is 0. The van der Waals surface area contributed by atoms with E-state index in [0.717, 1.165) is 80.8 Å². The number of aliphatic hydroxyl groups excluding tert-OH is 4. The molecular formula is C14H43Cl2N4O4Ti. The minimum Gasteiger partial charge on any atom is -0.660 e. The van der Waals surface area contributed by atoms with Crippen molar-refractivity contribution in [2.24, 2.45) is 0 Å². The third kappa shape index (κ3) is 78.3. The summed E-state index contributed by atoms with van der Waals surface area (Å²) in [6.07, 6.45) is 0. The monoisotopic (exact) mass is 449 g/mol. The Bertz CT molecular complexity index is 87.8. The van der Waals surface area contributed by atoms with Crippen molar-refractivity contribution in [3.05, 3.63) is 20.2 Å². The van der Waals surface area contributed by atoms with Gasteiger partial charge in [0.15, 0.2) is 0 Å². The first kappa shape index (κ1) is 56.2. The van der Waals surface area contributed by atoms with Gasteiger partial charge in [-0.15, -0.1) is 37.9 Å². The van der Waals surface area contributed by atoms with E-state index in [4.69, 9.17) is 20.4 Å². The van der Waals surface area contributed by atoms with Crippen molar-refractivity contribution in [3.8, 4) is 0 Å². The third-order valence-corrected chi connectivity index (χ3v) is 1.85. The Morgan fingerprint density at radius 2 is 0.720 bits per heavy atom. The summed E-state index contributed by atoms with van der Waals surface area (Å²) < 4.78 is 0. The molecule has 1 aliphatic heterocycles. The molecule has 1 rings (SSSR count). The zero-order chi connectivity index (χ0) is 16.5. The van der Waals surface area contributed by atoms with E-state index >= 15 is 0 Å². The normalized spacial score (nSPS) is 12.5. The minimum absolute atomic E-state index is 0. The quantitative estimate of drug-likeness (QED) is 0.192. The van der Waals surface area contributed by atoms with Gasteiger partial charge in [0.2, 0.25) is 0 Å². The number of hydrogen-bond acceptors (Lipinski definition) is 7. The third-order valence-electron chi connectivity index (χ3n) is 1.85. The summed E-state index contributed by atoms with van der Waals surface area (Å²) in [7, 11) is 4.00. The predicted octanol–water partition coefficient (Wildman–Crippen LogP) is -0.682. The van der Waals surface area contributed by atoms with Crippen molar-refractivity contribution in [1.82, 2.24) is 16.0 Å². The fourth-order valence-electron chi connectivity index (χ4n) is 1.16. The van der Waals surface area contributed by atoms with Gasteiger partial charge in [-0.05, 0) is 13.1 Å². The van der Waals surface area contributed by atoms with Crippen LogP contribution in [0.2, 0.25) is 0 Å². The van der Waals surface area contributed by atoms with Crippen LogP contribution in [0.5, 0.6) is 0 Å². The average molecular weight is 450 g/mol. The maximum Gasteiger partial charge on any atom is 3.00 e. The van der Waals surface area contributed by atoms with Crippen LogP contribution in [0.1, 0.15) is 0 Å². The van der Waals surface area contributed by atoms with Gasteiger partial charge >= 0.3 is 21.7 Å². The molecule has 1 saturated heterocycles. The number of hydrogen-bond donors (Lipinski definition) is 7. The first-order valence-electron chi connectivity index (χ1n) is 6.54. The summed E-state index contributed by atoms with van der Waals surface area (Å²) in [6, 6.07) is 0. The van der Waals surface area contributed by atoms with Crippen LogP contribution in [0.25, 0.3) is 5.32 Å². The first-order chi connectivity index (χ1) is 10.0. The van der Waals surface area contributed by atoms with Crippen molar-refractivity contribution in [2.45, 2.75) is 0 Å². The van der Waals surface area contributed by atoms with Crippen LogP contribution in [0.15, 0.2) is 0 Å². The number of halogens is 2. The molecule has 0 aromatic carbocycles. The van der Waals surface area contributed by atoms with Gasteiger partial charge in [-0.2, -0.15) is 0 Å². The molecule has 1 fully saturated rings. The van der Waals surface area contributed by atoms with E-state index in [1.807, 2.05) is 0 Å². The Kier molecular flexibility index (Phi) is 192. The molecule has 0 aliphatic carbocycles. The first-order valence-corrected chi connectivity index (χ1v) is 6.54.